The second kappa shape index (κ2) is 6.68. The molecule has 0 aromatic carbocycles. The molecular weight excluding hydrogens is 318 g/mol. The van der Waals surface area contributed by atoms with Gasteiger partial charge in [-0.05, 0) is 52.0 Å². The van der Waals surface area contributed by atoms with Gasteiger partial charge < -0.3 is 10.1 Å². The van der Waals surface area contributed by atoms with Crippen LogP contribution in [0.5, 0.6) is 5.88 Å². The highest BCUT2D eigenvalue weighted by atomic mass is 16.5. The summed E-state index contributed by atoms with van der Waals surface area (Å²) < 4.78 is 7.28. The molecule has 3 rings (SSSR count). The monoisotopic (exact) mass is 345 g/mol. The van der Waals surface area contributed by atoms with E-state index >= 15 is 0 Å². The number of aromatic nitrogens is 2. The number of hydrogen-bond donors (Lipinski definition) is 1. The Hall–Kier alpha value is -2.07. The van der Waals surface area contributed by atoms with Gasteiger partial charge in [0.2, 0.25) is 11.8 Å². The molecule has 2 heterocycles. The fourth-order valence-electron chi connectivity index (χ4n) is 4.02. The van der Waals surface area contributed by atoms with Gasteiger partial charge in [0.15, 0.2) is 0 Å². The van der Waals surface area contributed by atoms with Gasteiger partial charge in [0.05, 0.1) is 31.0 Å². The number of hydrogen-bond acceptors (Lipinski definition) is 5. The van der Waals surface area contributed by atoms with E-state index in [2.05, 4.69) is 21.4 Å². The van der Waals surface area contributed by atoms with Crippen molar-refractivity contribution in [1.29, 1.82) is 5.26 Å². The van der Waals surface area contributed by atoms with Crippen molar-refractivity contribution in [1.82, 2.24) is 20.0 Å². The Morgan fingerprint density at radius 1 is 1.48 bits per heavy atom. The van der Waals surface area contributed by atoms with Crippen molar-refractivity contribution in [3.8, 4) is 11.9 Å². The van der Waals surface area contributed by atoms with Gasteiger partial charge >= 0.3 is 0 Å². The summed E-state index contributed by atoms with van der Waals surface area (Å²) >= 11 is 0. The summed E-state index contributed by atoms with van der Waals surface area (Å²) in [7, 11) is 3.52. The van der Waals surface area contributed by atoms with Crippen LogP contribution in [-0.2, 0) is 11.8 Å². The molecule has 0 radical (unpaired) electrons. The van der Waals surface area contributed by atoms with E-state index < -0.39 is 5.54 Å². The van der Waals surface area contributed by atoms with Crippen molar-refractivity contribution in [2.45, 2.75) is 51.1 Å². The van der Waals surface area contributed by atoms with Crippen LogP contribution in [-0.4, -0.2) is 46.3 Å². The molecular formula is C18H27N5O2. The molecule has 7 nitrogen and oxygen atoms in total. The second-order valence-corrected chi connectivity index (χ2v) is 7.40. The van der Waals surface area contributed by atoms with Crippen LogP contribution in [0, 0.1) is 24.2 Å². The van der Waals surface area contributed by atoms with Gasteiger partial charge in [-0.2, -0.15) is 10.4 Å². The summed E-state index contributed by atoms with van der Waals surface area (Å²) in [5, 5.41) is 16.9. The van der Waals surface area contributed by atoms with Gasteiger partial charge in [-0.25, -0.2) is 4.68 Å². The normalized spacial score (nSPS) is 23.1. The summed E-state index contributed by atoms with van der Waals surface area (Å²) in [4.78, 5) is 14.7. The first-order valence-corrected chi connectivity index (χ1v) is 8.93. The molecule has 7 heteroatoms. The van der Waals surface area contributed by atoms with Crippen LogP contribution in [0.15, 0.2) is 0 Å². The minimum atomic E-state index is -0.742. The maximum absolute atomic E-state index is 12.6. The molecule has 1 aromatic heterocycles. The van der Waals surface area contributed by atoms with Gasteiger partial charge in [-0.1, -0.05) is 0 Å². The van der Waals surface area contributed by atoms with E-state index in [1.807, 2.05) is 20.9 Å². The van der Waals surface area contributed by atoms with Crippen LogP contribution >= 0.6 is 0 Å². The number of nitrogens with zero attached hydrogens (tertiary/aromatic N) is 4. The molecule has 1 aromatic rings. The van der Waals surface area contributed by atoms with E-state index in [4.69, 9.17) is 4.74 Å². The molecule has 1 saturated carbocycles. The van der Waals surface area contributed by atoms with Gasteiger partial charge in [0.1, 0.15) is 5.54 Å². The van der Waals surface area contributed by atoms with Crippen molar-refractivity contribution in [2.24, 2.45) is 13.0 Å². The molecule has 0 unspecified atom stereocenters. The highest BCUT2D eigenvalue weighted by molar-refractivity contribution is 5.79. The number of nitrogens with one attached hydrogen (secondary N) is 1. The van der Waals surface area contributed by atoms with E-state index in [1.165, 1.54) is 0 Å². The van der Waals surface area contributed by atoms with Crippen LogP contribution in [0.2, 0.25) is 0 Å². The lowest BCUT2D eigenvalue weighted by Gasteiger charge is -2.28. The number of ether oxygens (including phenoxy) is 1. The molecule has 1 aliphatic carbocycles. The SMILES string of the molecule is COc1c([C@H]2CCCN2CC(=O)N[C@@](C)(C#N)C2CC2)c(C)nn1C. The van der Waals surface area contributed by atoms with Crippen molar-refractivity contribution >= 4 is 5.91 Å². The van der Waals surface area contributed by atoms with E-state index in [-0.39, 0.29) is 17.9 Å². The molecule has 1 N–H and O–H groups in total. The summed E-state index contributed by atoms with van der Waals surface area (Å²) in [6, 6.07) is 2.41. The number of likely N-dealkylation sites (tertiary alicyclic amines) is 1. The third kappa shape index (κ3) is 3.36. The van der Waals surface area contributed by atoms with Crippen LogP contribution in [0.1, 0.15) is 49.9 Å². The van der Waals surface area contributed by atoms with Crippen LogP contribution in [0.4, 0.5) is 0 Å². The average molecular weight is 345 g/mol. The molecule has 0 bridgehead atoms. The van der Waals surface area contributed by atoms with E-state index in [0.717, 1.165) is 49.4 Å². The highest BCUT2D eigenvalue weighted by Gasteiger charge is 2.43. The zero-order valence-electron chi connectivity index (χ0n) is 15.5. The zero-order chi connectivity index (χ0) is 18.2. The predicted octanol–water partition coefficient (Wildman–Crippen LogP) is 1.68. The lowest BCUT2D eigenvalue weighted by molar-refractivity contribution is -0.123. The molecule has 25 heavy (non-hydrogen) atoms. The Labute approximate surface area is 148 Å². The van der Waals surface area contributed by atoms with E-state index in [1.54, 1.807) is 11.8 Å². The fraction of sp³-hybridized carbons (Fsp3) is 0.722. The number of carbonyl (C=O) groups excluding carboxylic acids is 1. The maximum Gasteiger partial charge on any atom is 0.235 e. The largest absolute Gasteiger partial charge is 0.481 e. The van der Waals surface area contributed by atoms with Gasteiger partial charge in [-0.15, -0.1) is 0 Å². The van der Waals surface area contributed by atoms with Crippen LogP contribution < -0.4 is 10.1 Å². The number of nitriles is 1. The summed E-state index contributed by atoms with van der Waals surface area (Å²) in [5.74, 6) is 0.967. The number of carbonyl (C=O) groups is 1. The molecule has 0 spiro atoms. The molecule has 1 aliphatic heterocycles. The smallest absolute Gasteiger partial charge is 0.235 e. The fourth-order valence-corrected chi connectivity index (χ4v) is 4.02. The molecule has 2 aliphatic rings. The summed E-state index contributed by atoms with van der Waals surface area (Å²) in [5.41, 5.74) is 1.27. The topological polar surface area (TPSA) is 83.2 Å². The Morgan fingerprint density at radius 2 is 2.20 bits per heavy atom. The zero-order valence-corrected chi connectivity index (χ0v) is 15.5. The highest BCUT2D eigenvalue weighted by Crippen LogP contribution is 2.40. The third-order valence-corrected chi connectivity index (χ3v) is 5.48. The Bertz CT molecular complexity index is 703. The molecule has 136 valence electrons. The van der Waals surface area contributed by atoms with Crippen molar-refractivity contribution < 1.29 is 9.53 Å². The standard InChI is InChI=1S/C18H27N5O2/c1-12-16(17(25-4)22(3)21-12)14-6-5-9-23(14)10-15(24)20-18(2,11-19)13-7-8-13/h13-14H,5-10H2,1-4H3,(H,20,24)/t14-,18+/m1/s1. The first-order chi connectivity index (χ1) is 11.9. The molecule has 2 atom stereocenters. The average Bonchev–Trinajstić information content (AvgIpc) is 3.27. The predicted molar refractivity (Wildman–Crippen MR) is 92.9 cm³/mol. The number of rotatable bonds is 6. The van der Waals surface area contributed by atoms with Gasteiger partial charge in [-0.3, -0.25) is 9.69 Å². The van der Waals surface area contributed by atoms with Gasteiger partial charge in [0, 0.05) is 13.1 Å². The van der Waals surface area contributed by atoms with Crippen molar-refractivity contribution in [3.63, 3.8) is 0 Å². The minimum absolute atomic E-state index is 0.0802. The lowest BCUT2D eigenvalue weighted by atomic mass is 9.98. The van der Waals surface area contributed by atoms with Gasteiger partial charge in [0.25, 0.3) is 0 Å². The Kier molecular flexibility index (Phi) is 4.74. The summed E-state index contributed by atoms with van der Waals surface area (Å²) in [6.45, 7) is 4.97. The van der Waals surface area contributed by atoms with Crippen LogP contribution in [0.25, 0.3) is 0 Å². The van der Waals surface area contributed by atoms with Crippen molar-refractivity contribution in [3.05, 3.63) is 11.3 Å². The maximum atomic E-state index is 12.6. The second-order valence-electron chi connectivity index (χ2n) is 7.40. The minimum Gasteiger partial charge on any atom is -0.481 e. The number of methoxy groups -OCH3 is 1. The number of aryl methyl sites for hydroxylation is 2. The van der Waals surface area contributed by atoms with Crippen molar-refractivity contribution in [2.75, 3.05) is 20.2 Å². The molecule has 2 fully saturated rings. The third-order valence-electron chi connectivity index (χ3n) is 5.48. The molecule has 1 amide bonds. The van der Waals surface area contributed by atoms with E-state index in [0.29, 0.717) is 6.54 Å². The lowest BCUT2D eigenvalue weighted by Crippen LogP contribution is -2.50. The Balaban J connectivity index is 1.72. The van der Waals surface area contributed by atoms with Crippen LogP contribution in [0.3, 0.4) is 0 Å². The number of amides is 1. The molecule has 1 saturated heterocycles. The Morgan fingerprint density at radius 3 is 2.80 bits per heavy atom. The first kappa shape index (κ1) is 17.7. The summed E-state index contributed by atoms with van der Waals surface area (Å²) in [6.07, 6.45) is 4.05. The van der Waals surface area contributed by atoms with E-state index in [9.17, 15) is 10.1 Å². The quantitative estimate of drug-likeness (QED) is 0.848. The first-order valence-electron chi connectivity index (χ1n) is 8.93.